The topological polar surface area (TPSA) is 38.5 Å². The van der Waals surface area contributed by atoms with Crippen LogP contribution < -0.4 is 5.73 Å². The maximum absolute atomic E-state index is 5.72. The van der Waals surface area contributed by atoms with E-state index in [9.17, 15) is 0 Å². The predicted octanol–water partition coefficient (Wildman–Crippen LogP) is 0.444. The van der Waals surface area contributed by atoms with Crippen molar-refractivity contribution in [3.63, 3.8) is 0 Å². The fraction of sp³-hybridized carbons (Fsp3) is 1.00. The van der Waals surface area contributed by atoms with Gasteiger partial charge in [-0.25, -0.2) is 0 Å². The second kappa shape index (κ2) is 4.80. The number of likely N-dealkylation sites (tertiary alicyclic amines) is 1. The predicted molar refractivity (Wildman–Crippen MR) is 50.1 cm³/mol. The number of hydrogen-bond donors (Lipinski definition) is 1. The Morgan fingerprint density at radius 2 is 2.08 bits per heavy atom. The van der Waals surface area contributed by atoms with Crippen LogP contribution in [-0.2, 0) is 4.74 Å². The summed E-state index contributed by atoms with van der Waals surface area (Å²) in [7, 11) is 1.80. The quantitative estimate of drug-likeness (QED) is 0.671. The molecule has 1 heterocycles. The highest BCUT2D eigenvalue weighted by molar-refractivity contribution is 4.74. The van der Waals surface area contributed by atoms with Crippen molar-refractivity contribution in [1.82, 2.24) is 4.90 Å². The molecule has 1 fully saturated rings. The molecule has 12 heavy (non-hydrogen) atoms. The van der Waals surface area contributed by atoms with Crippen molar-refractivity contribution in [2.45, 2.75) is 31.9 Å². The Kier molecular flexibility index (Phi) is 3.98. The Morgan fingerprint density at radius 1 is 1.50 bits per heavy atom. The van der Waals surface area contributed by atoms with Crippen molar-refractivity contribution < 1.29 is 4.74 Å². The lowest BCUT2D eigenvalue weighted by molar-refractivity contribution is 0.0400. The summed E-state index contributed by atoms with van der Waals surface area (Å²) in [5.41, 5.74) is 5.72. The summed E-state index contributed by atoms with van der Waals surface area (Å²) in [6.07, 6.45) is 2.79. The van der Waals surface area contributed by atoms with E-state index in [-0.39, 0.29) is 0 Å². The molecule has 0 aromatic carbocycles. The summed E-state index contributed by atoms with van der Waals surface area (Å²) in [4.78, 5) is 2.42. The molecule has 0 aliphatic carbocycles. The van der Waals surface area contributed by atoms with Crippen LogP contribution >= 0.6 is 0 Å². The van der Waals surface area contributed by atoms with Crippen LogP contribution in [0.4, 0.5) is 0 Å². The minimum absolute atomic E-state index is 0.295. The number of piperidine rings is 1. The van der Waals surface area contributed by atoms with Crippen LogP contribution in [0, 0.1) is 0 Å². The molecular formula is C9H20N2O. The van der Waals surface area contributed by atoms with E-state index in [1.165, 1.54) is 0 Å². The highest BCUT2D eigenvalue weighted by Gasteiger charge is 2.18. The van der Waals surface area contributed by atoms with Gasteiger partial charge in [0.15, 0.2) is 0 Å². The van der Waals surface area contributed by atoms with Crippen LogP contribution in [-0.4, -0.2) is 43.8 Å². The molecule has 0 amide bonds. The molecule has 1 atom stereocenters. The largest absolute Gasteiger partial charge is 0.381 e. The van der Waals surface area contributed by atoms with E-state index in [2.05, 4.69) is 11.8 Å². The first-order valence-electron chi connectivity index (χ1n) is 4.73. The molecule has 1 saturated heterocycles. The Hall–Kier alpha value is -0.120. The third kappa shape index (κ3) is 3.09. The van der Waals surface area contributed by atoms with Gasteiger partial charge in [0.1, 0.15) is 0 Å². The number of methoxy groups -OCH3 is 1. The minimum atomic E-state index is 0.295. The third-order valence-corrected chi connectivity index (χ3v) is 2.41. The van der Waals surface area contributed by atoms with Crippen molar-refractivity contribution in [2.75, 3.05) is 26.7 Å². The van der Waals surface area contributed by atoms with Crippen LogP contribution in [0.1, 0.15) is 19.8 Å². The molecule has 1 aliphatic rings. The van der Waals surface area contributed by atoms with E-state index in [1.807, 2.05) is 0 Å². The summed E-state index contributed by atoms with van der Waals surface area (Å²) < 4.78 is 5.29. The molecule has 0 unspecified atom stereocenters. The number of ether oxygens (including phenoxy) is 1. The first-order valence-corrected chi connectivity index (χ1v) is 4.73. The van der Waals surface area contributed by atoms with E-state index in [0.717, 1.165) is 32.5 Å². The van der Waals surface area contributed by atoms with Gasteiger partial charge in [-0.1, -0.05) is 0 Å². The Labute approximate surface area is 74.9 Å². The second-order valence-electron chi connectivity index (χ2n) is 3.71. The van der Waals surface area contributed by atoms with Crippen LogP contribution in [0.15, 0.2) is 0 Å². The average Bonchev–Trinajstić information content (AvgIpc) is 2.05. The number of nitrogens with two attached hydrogens (primary N) is 1. The number of nitrogens with zero attached hydrogens (tertiary/aromatic N) is 1. The molecular weight excluding hydrogens is 152 g/mol. The van der Waals surface area contributed by atoms with Gasteiger partial charge in [0.05, 0.1) is 6.10 Å². The monoisotopic (exact) mass is 172 g/mol. The van der Waals surface area contributed by atoms with Crippen LogP contribution in [0.5, 0.6) is 0 Å². The van der Waals surface area contributed by atoms with Gasteiger partial charge in [0, 0.05) is 32.8 Å². The number of rotatable bonds is 3. The normalized spacial score (nSPS) is 24.2. The van der Waals surface area contributed by atoms with Gasteiger partial charge in [-0.05, 0) is 19.8 Å². The zero-order valence-corrected chi connectivity index (χ0v) is 8.12. The van der Waals surface area contributed by atoms with E-state index >= 15 is 0 Å². The van der Waals surface area contributed by atoms with E-state index in [1.54, 1.807) is 7.11 Å². The van der Waals surface area contributed by atoms with Crippen LogP contribution in [0.25, 0.3) is 0 Å². The standard InChI is InChI=1S/C9H20N2O/c1-8(10)7-11-5-3-9(12-2)4-6-11/h8-9H,3-7,10H2,1-2H3/t8-/m1/s1. The zero-order valence-electron chi connectivity index (χ0n) is 8.12. The molecule has 0 bridgehead atoms. The molecule has 0 aromatic heterocycles. The van der Waals surface area contributed by atoms with Gasteiger partial charge in [-0.15, -0.1) is 0 Å². The Bertz CT molecular complexity index is 120. The fourth-order valence-corrected chi connectivity index (χ4v) is 1.73. The highest BCUT2D eigenvalue weighted by atomic mass is 16.5. The molecule has 3 heteroatoms. The van der Waals surface area contributed by atoms with Crippen molar-refractivity contribution >= 4 is 0 Å². The van der Waals surface area contributed by atoms with E-state index in [0.29, 0.717) is 12.1 Å². The summed E-state index contributed by atoms with van der Waals surface area (Å²) in [5.74, 6) is 0. The molecule has 1 aliphatic heterocycles. The van der Waals surface area contributed by atoms with Gasteiger partial charge >= 0.3 is 0 Å². The second-order valence-corrected chi connectivity index (χ2v) is 3.71. The van der Waals surface area contributed by atoms with Gasteiger partial charge in [0.2, 0.25) is 0 Å². The maximum Gasteiger partial charge on any atom is 0.0595 e. The van der Waals surface area contributed by atoms with Gasteiger partial charge < -0.3 is 15.4 Å². The smallest absolute Gasteiger partial charge is 0.0595 e. The van der Waals surface area contributed by atoms with Gasteiger partial charge in [-0.2, -0.15) is 0 Å². The first-order chi connectivity index (χ1) is 5.72. The van der Waals surface area contributed by atoms with Crippen molar-refractivity contribution in [3.8, 4) is 0 Å². The summed E-state index contributed by atoms with van der Waals surface area (Å²) in [6, 6.07) is 0.295. The molecule has 0 saturated carbocycles. The third-order valence-electron chi connectivity index (χ3n) is 2.41. The van der Waals surface area contributed by atoms with Gasteiger partial charge in [0.25, 0.3) is 0 Å². The minimum Gasteiger partial charge on any atom is -0.381 e. The molecule has 72 valence electrons. The summed E-state index contributed by atoms with van der Waals surface area (Å²) in [5, 5.41) is 0. The maximum atomic E-state index is 5.72. The van der Waals surface area contributed by atoms with Crippen molar-refractivity contribution in [3.05, 3.63) is 0 Å². The van der Waals surface area contributed by atoms with Crippen LogP contribution in [0.2, 0.25) is 0 Å². The molecule has 0 aromatic rings. The molecule has 2 N–H and O–H groups in total. The molecule has 3 nitrogen and oxygen atoms in total. The zero-order chi connectivity index (χ0) is 8.97. The van der Waals surface area contributed by atoms with E-state index in [4.69, 9.17) is 10.5 Å². The van der Waals surface area contributed by atoms with Gasteiger partial charge in [-0.3, -0.25) is 0 Å². The highest BCUT2D eigenvalue weighted by Crippen LogP contribution is 2.12. The molecule has 1 rings (SSSR count). The molecule has 0 radical (unpaired) electrons. The first kappa shape index (κ1) is 9.96. The lowest BCUT2D eigenvalue weighted by Gasteiger charge is -2.32. The lowest BCUT2D eigenvalue weighted by atomic mass is 10.1. The average molecular weight is 172 g/mol. The lowest BCUT2D eigenvalue weighted by Crippen LogP contribution is -2.42. The summed E-state index contributed by atoms with van der Waals surface area (Å²) >= 11 is 0. The Balaban J connectivity index is 2.17. The van der Waals surface area contributed by atoms with Crippen molar-refractivity contribution in [1.29, 1.82) is 0 Å². The summed E-state index contributed by atoms with van der Waals surface area (Å²) in [6.45, 7) is 5.36. The number of hydrogen-bond acceptors (Lipinski definition) is 3. The van der Waals surface area contributed by atoms with Crippen LogP contribution in [0.3, 0.4) is 0 Å². The Morgan fingerprint density at radius 3 is 2.50 bits per heavy atom. The SMILES string of the molecule is COC1CCN(C[C@@H](C)N)CC1. The fourth-order valence-electron chi connectivity index (χ4n) is 1.73. The van der Waals surface area contributed by atoms with Crippen molar-refractivity contribution in [2.24, 2.45) is 5.73 Å². The van der Waals surface area contributed by atoms with E-state index < -0.39 is 0 Å². The molecule has 0 spiro atoms.